The second-order valence-corrected chi connectivity index (χ2v) is 9.38. The molecule has 2 amide bonds. The number of hydrogen-bond donors (Lipinski definition) is 0. The molecule has 1 aromatic carbocycles. The molecule has 5 nitrogen and oxygen atoms in total. The summed E-state index contributed by atoms with van der Waals surface area (Å²) in [5.74, 6) is 1.60. The van der Waals surface area contributed by atoms with E-state index >= 15 is 0 Å². The smallest absolute Gasteiger partial charge is 0.257 e. The standard InChI is InChI=1S/C25H36N2O3/c1-26-16-8-2-3-9-17-27(24(28)18-19-14-15-19)21-11-5-7-13-23(21)30-22-12-6-4-10-20(22)25(26)29/h4,6,10,12,19,21,23H,2-3,5,7-9,11,13-18H2,1H3/t21-,23+/m1/s1. The van der Waals surface area contributed by atoms with Crippen LogP contribution < -0.4 is 4.74 Å². The molecular formula is C25H36N2O3. The lowest BCUT2D eigenvalue weighted by atomic mass is 9.90. The van der Waals surface area contributed by atoms with Crippen molar-refractivity contribution in [2.75, 3.05) is 20.1 Å². The van der Waals surface area contributed by atoms with Gasteiger partial charge in [0.2, 0.25) is 5.91 Å². The molecule has 2 saturated carbocycles. The lowest BCUT2D eigenvalue weighted by Gasteiger charge is -2.40. The number of benzene rings is 1. The molecule has 3 aliphatic rings. The Labute approximate surface area is 180 Å². The van der Waals surface area contributed by atoms with Gasteiger partial charge in [0.15, 0.2) is 0 Å². The Morgan fingerprint density at radius 2 is 1.70 bits per heavy atom. The summed E-state index contributed by atoms with van der Waals surface area (Å²) in [7, 11) is 1.88. The van der Waals surface area contributed by atoms with E-state index in [4.69, 9.17) is 4.74 Å². The second-order valence-electron chi connectivity index (χ2n) is 9.38. The summed E-state index contributed by atoms with van der Waals surface area (Å²) in [5, 5.41) is 0. The van der Waals surface area contributed by atoms with Crippen molar-refractivity contribution in [2.45, 2.75) is 82.8 Å². The Hall–Kier alpha value is -2.04. The van der Waals surface area contributed by atoms with Gasteiger partial charge in [-0.25, -0.2) is 0 Å². The van der Waals surface area contributed by atoms with E-state index in [1.54, 1.807) is 0 Å². The van der Waals surface area contributed by atoms with Crippen LogP contribution in [0.1, 0.15) is 81.0 Å². The van der Waals surface area contributed by atoms with E-state index in [0.29, 0.717) is 29.6 Å². The minimum absolute atomic E-state index is 0.0247. The predicted molar refractivity (Wildman–Crippen MR) is 118 cm³/mol. The van der Waals surface area contributed by atoms with Crippen LogP contribution >= 0.6 is 0 Å². The van der Waals surface area contributed by atoms with Gasteiger partial charge in [-0.05, 0) is 63.0 Å². The highest BCUT2D eigenvalue weighted by Crippen LogP contribution is 2.35. The van der Waals surface area contributed by atoms with Gasteiger partial charge in [0.25, 0.3) is 5.91 Å². The largest absolute Gasteiger partial charge is 0.487 e. The molecule has 164 valence electrons. The number of ether oxygens (including phenoxy) is 1. The van der Waals surface area contributed by atoms with Crippen molar-refractivity contribution in [1.82, 2.24) is 9.80 Å². The molecule has 0 N–H and O–H groups in total. The van der Waals surface area contributed by atoms with Crippen LogP contribution in [0.5, 0.6) is 5.75 Å². The van der Waals surface area contributed by atoms with E-state index < -0.39 is 0 Å². The SMILES string of the molecule is CN1CCCCCCN(C(=O)CC2CC2)[C@@H]2CCCC[C@@H]2Oc2ccccc2C1=O. The number of nitrogens with zero attached hydrogens (tertiary/aromatic N) is 2. The molecule has 5 heteroatoms. The highest BCUT2D eigenvalue weighted by atomic mass is 16.5. The molecule has 0 aromatic heterocycles. The molecule has 30 heavy (non-hydrogen) atoms. The van der Waals surface area contributed by atoms with Crippen molar-refractivity contribution in [1.29, 1.82) is 0 Å². The molecule has 1 aromatic rings. The van der Waals surface area contributed by atoms with Crippen LogP contribution in [0.3, 0.4) is 0 Å². The number of rotatable bonds is 2. The van der Waals surface area contributed by atoms with E-state index in [-0.39, 0.29) is 18.1 Å². The van der Waals surface area contributed by atoms with Crippen molar-refractivity contribution in [3.63, 3.8) is 0 Å². The number of fused-ring (bicyclic) bond motifs is 2. The van der Waals surface area contributed by atoms with Gasteiger partial charge in [0, 0.05) is 26.6 Å². The predicted octanol–water partition coefficient (Wildman–Crippen LogP) is 4.65. The fourth-order valence-corrected chi connectivity index (χ4v) is 4.93. The zero-order chi connectivity index (χ0) is 20.9. The number of carbonyl (C=O) groups excluding carboxylic acids is 2. The fraction of sp³-hybridized carbons (Fsp3) is 0.680. The molecule has 0 bridgehead atoms. The number of para-hydroxylation sites is 1. The summed E-state index contributed by atoms with van der Waals surface area (Å²) >= 11 is 0. The Bertz CT molecular complexity index is 746. The monoisotopic (exact) mass is 412 g/mol. The van der Waals surface area contributed by atoms with Gasteiger partial charge in [0.1, 0.15) is 11.9 Å². The summed E-state index contributed by atoms with van der Waals surface area (Å²) < 4.78 is 6.52. The topological polar surface area (TPSA) is 49.9 Å². The maximum atomic E-state index is 13.2. The van der Waals surface area contributed by atoms with Crippen LogP contribution in [0.25, 0.3) is 0 Å². The second kappa shape index (κ2) is 9.84. The molecule has 2 aliphatic carbocycles. The van der Waals surface area contributed by atoms with E-state index in [2.05, 4.69) is 4.90 Å². The van der Waals surface area contributed by atoms with Gasteiger partial charge in [-0.15, -0.1) is 0 Å². The van der Waals surface area contributed by atoms with Crippen LogP contribution in [0.2, 0.25) is 0 Å². The van der Waals surface area contributed by atoms with Gasteiger partial charge in [0.05, 0.1) is 11.6 Å². The highest BCUT2D eigenvalue weighted by molar-refractivity contribution is 5.96. The summed E-state index contributed by atoms with van der Waals surface area (Å²) in [6, 6.07) is 7.74. The van der Waals surface area contributed by atoms with Crippen molar-refractivity contribution < 1.29 is 14.3 Å². The summed E-state index contributed by atoms with van der Waals surface area (Å²) in [6.45, 7) is 1.59. The molecule has 0 unspecified atom stereocenters. The van der Waals surface area contributed by atoms with E-state index in [1.807, 2.05) is 36.2 Å². The molecular weight excluding hydrogens is 376 g/mol. The minimum atomic E-state index is -0.0379. The first kappa shape index (κ1) is 21.2. The van der Waals surface area contributed by atoms with Gasteiger partial charge < -0.3 is 14.5 Å². The number of hydrogen-bond acceptors (Lipinski definition) is 3. The Morgan fingerprint density at radius 1 is 0.967 bits per heavy atom. The average molecular weight is 413 g/mol. The first-order valence-corrected chi connectivity index (χ1v) is 11.9. The van der Waals surface area contributed by atoms with Crippen LogP contribution in [0.15, 0.2) is 24.3 Å². The summed E-state index contributed by atoms with van der Waals surface area (Å²) in [6.07, 6.45) is 11.5. The lowest BCUT2D eigenvalue weighted by Crippen LogP contribution is -2.51. The molecule has 0 radical (unpaired) electrons. The van der Waals surface area contributed by atoms with E-state index in [1.165, 1.54) is 12.8 Å². The molecule has 4 rings (SSSR count). The third kappa shape index (κ3) is 5.16. The molecule has 1 aliphatic heterocycles. The first-order valence-electron chi connectivity index (χ1n) is 11.9. The quantitative estimate of drug-likeness (QED) is 0.710. The van der Waals surface area contributed by atoms with Crippen molar-refractivity contribution in [3.8, 4) is 5.75 Å². The number of amides is 2. The van der Waals surface area contributed by atoms with Gasteiger partial charge in [-0.3, -0.25) is 9.59 Å². The summed E-state index contributed by atoms with van der Waals surface area (Å²) in [5.41, 5.74) is 0.636. The van der Waals surface area contributed by atoms with Crippen molar-refractivity contribution >= 4 is 11.8 Å². The lowest BCUT2D eigenvalue weighted by molar-refractivity contribution is -0.137. The fourth-order valence-electron chi connectivity index (χ4n) is 4.93. The van der Waals surface area contributed by atoms with Gasteiger partial charge >= 0.3 is 0 Å². The van der Waals surface area contributed by atoms with Crippen LogP contribution in [0, 0.1) is 5.92 Å². The Balaban J connectivity index is 1.61. The molecule has 1 heterocycles. The molecule has 2 atom stereocenters. The minimum Gasteiger partial charge on any atom is -0.487 e. The highest BCUT2D eigenvalue weighted by Gasteiger charge is 2.36. The summed E-state index contributed by atoms with van der Waals surface area (Å²) in [4.78, 5) is 30.2. The molecule has 2 fully saturated rings. The molecule has 0 saturated heterocycles. The number of carbonyl (C=O) groups is 2. The van der Waals surface area contributed by atoms with Crippen molar-refractivity contribution in [3.05, 3.63) is 29.8 Å². The zero-order valence-corrected chi connectivity index (χ0v) is 18.4. The molecule has 0 spiro atoms. The van der Waals surface area contributed by atoms with Gasteiger partial charge in [-0.2, -0.15) is 0 Å². The van der Waals surface area contributed by atoms with E-state index in [0.717, 1.165) is 64.5 Å². The third-order valence-corrected chi connectivity index (χ3v) is 6.93. The maximum absolute atomic E-state index is 13.2. The van der Waals surface area contributed by atoms with Crippen molar-refractivity contribution in [2.24, 2.45) is 5.92 Å². The maximum Gasteiger partial charge on any atom is 0.257 e. The van der Waals surface area contributed by atoms with Gasteiger partial charge in [-0.1, -0.05) is 31.4 Å². The van der Waals surface area contributed by atoms with Crippen LogP contribution in [-0.2, 0) is 4.79 Å². The Morgan fingerprint density at radius 3 is 2.50 bits per heavy atom. The first-order chi connectivity index (χ1) is 14.6. The average Bonchev–Trinajstić information content (AvgIpc) is 3.57. The van der Waals surface area contributed by atoms with Crippen LogP contribution in [-0.4, -0.2) is 53.9 Å². The Kier molecular flexibility index (Phi) is 6.96. The normalized spacial score (nSPS) is 26.2. The van der Waals surface area contributed by atoms with E-state index in [9.17, 15) is 9.59 Å². The van der Waals surface area contributed by atoms with Crippen LogP contribution in [0.4, 0.5) is 0 Å². The third-order valence-electron chi connectivity index (χ3n) is 6.93. The zero-order valence-electron chi connectivity index (χ0n) is 18.4.